The molecule has 138 valence electrons. The Morgan fingerprint density at radius 2 is 2.00 bits per heavy atom. The van der Waals surface area contributed by atoms with Gasteiger partial charge in [0.25, 0.3) is 5.56 Å². The van der Waals surface area contributed by atoms with E-state index in [1.54, 1.807) is 23.9 Å². The average Bonchev–Trinajstić information content (AvgIpc) is 2.71. The van der Waals surface area contributed by atoms with E-state index in [0.29, 0.717) is 42.1 Å². The molecule has 27 heavy (non-hydrogen) atoms. The summed E-state index contributed by atoms with van der Waals surface area (Å²) in [5, 5.41) is 0.688. The number of hydrogen-bond acceptors (Lipinski definition) is 6. The van der Waals surface area contributed by atoms with Crippen molar-refractivity contribution in [2.24, 2.45) is 7.05 Å². The van der Waals surface area contributed by atoms with Crippen LogP contribution in [0.3, 0.4) is 0 Å². The Kier molecular flexibility index (Phi) is 4.87. The standard InChI is InChI=1S/C19H18ClN5O2/c1-24-18(26)10-16(15-6-7-21-12-22-15)23-19(24)25-8-9-27-17(11-25)13-2-4-14(20)5-3-13/h2-7,10,12,17H,8-9,11H2,1H3/t17-/m0/s1. The zero-order chi connectivity index (χ0) is 18.8. The van der Waals surface area contributed by atoms with Crippen molar-refractivity contribution in [3.05, 3.63) is 69.9 Å². The lowest BCUT2D eigenvalue weighted by Crippen LogP contribution is -2.41. The Bertz CT molecular complexity index is 991. The molecule has 1 atom stereocenters. The van der Waals surface area contributed by atoms with Gasteiger partial charge in [-0.3, -0.25) is 9.36 Å². The topological polar surface area (TPSA) is 73.1 Å². The lowest BCUT2D eigenvalue weighted by atomic mass is 10.1. The molecule has 0 amide bonds. The smallest absolute Gasteiger partial charge is 0.255 e. The summed E-state index contributed by atoms with van der Waals surface area (Å²) in [7, 11) is 1.72. The van der Waals surface area contributed by atoms with E-state index in [1.165, 1.54) is 12.4 Å². The fraction of sp³-hybridized carbons (Fsp3) is 0.263. The third-order valence-electron chi connectivity index (χ3n) is 4.55. The monoisotopic (exact) mass is 383 g/mol. The number of rotatable bonds is 3. The van der Waals surface area contributed by atoms with Crippen molar-refractivity contribution in [3.63, 3.8) is 0 Å². The molecule has 2 aromatic heterocycles. The van der Waals surface area contributed by atoms with E-state index < -0.39 is 0 Å². The SMILES string of the molecule is Cn1c(N2CCO[C@H](c3ccc(Cl)cc3)C2)nc(-c2ccncn2)cc1=O. The zero-order valence-corrected chi connectivity index (χ0v) is 15.5. The van der Waals surface area contributed by atoms with Crippen LogP contribution >= 0.6 is 11.6 Å². The van der Waals surface area contributed by atoms with E-state index in [1.807, 2.05) is 24.3 Å². The lowest BCUT2D eigenvalue weighted by molar-refractivity contribution is 0.0390. The Labute approximate surface area is 161 Å². The normalized spacial score (nSPS) is 17.1. The van der Waals surface area contributed by atoms with E-state index >= 15 is 0 Å². The van der Waals surface area contributed by atoms with Crippen LogP contribution in [0.5, 0.6) is 0 Å². The van der Waals surface area contributed by atoms with Gasteiger partial charge in [-0.15, -0.1) is 0 Å². The van der Waals surface area contributed by atoms with Gasteiger partial charge in [-0.2, -0.15) is 0 Å². The van der Waals surface area contributed by atoms with Crippen molar-refractivity contribution < 1.29 is 4.74 Å². The first kappa shape index (κ1) is 17.6. The van der Waals surface area contributed by atoms with Crippen LogP contribution < -0.4 is 10.5 Å². The van der Waals surface area contributed by atoms with Crippen LogP contribution in [-0.4, -0.2) is 39.2 Å². The average molecular weight is 384 g/mol. The van der Waals surface area contributed by atoms with Crippen molar-refractivity contribution in [3.8, 4) is 11.4 Å². The number of hydrogen-bond donors (Lipinski definition) is 0. The summed E-state index contributed by atoms with van der Waals surface area (Å²) in [6.07, 6.45) is 2.96. The van der Waals surface area contributed by atoms with Crippen LogP contribution in [0.2, 0.25) is 5.02 Å². The number of morpholine rings is 1. The fourth-order valence-corrected chi connectivity index (χ4v) is 3.22. The molecule has 1 aromatic carbocycles. The van der Waals surface area contributed by atoms with E-state index in [9.17, 15) is 4.79 Å². The molecule has 0 aliphatic carbocycles. The van der Waals surface area contributed by atoms with Crippen molar-refractivity contribution in [2.45, 2.75) is 6.10 Å². The van der Waals surface area contributed by atoms with Gasteiger partial charge in [-0.1, -0.05) is 23.7 Å². The second-order valence-corrected chi connectivity index (χ2v) is 6.73. The van der Waals surface area contributed by atoms with Gasteiger partial charge in [0.2, 0.25) is 5.95 Å². The molecule has 0 radical (unpaired) electrons. The minimum absolute atomic E-state index is 0.115. The van der Waals surface area contributed by atoms with E-state index in [-0.39, 0.29) is 11.7 Å². The third-order valence-corrected chi connectivity index (χ3v) is 4.80. The molecule has 4 rings (SSSR count). The highest BCUT2D eigenvalue weighted by Gasteiger charge is 2.25. The van der Waals surface area contributed by atoms with E-state index in [4.69, 9.17) is 21.3 Å². The van der Waals surface area contributed by atoms with Gasteiger partial charge >= 0.3 is 0 Å². The highest BCUT2D eigenvalue weighted by atomic mass is 35.5. The van der Waals surface area contributed by atoms with Crippen LogP contribution in [0.1, 0.15) is 11.7 Å². The molecule has 8 heteroatoms. The molecule has 1 aliphatic rings. The van der Waals surface area contributed by atoms with Crippen LogP contribution in [0.4, 0.5) is 5.95 Å². The number of anilines is 1. The van der Waals surface area contributed by atoms with Crippen molar-refractivity contribution in [1.29, 1.82) is 0 Å². The predicted molar refractivity (Wildman–Crippen MR) is 103 cm³/mol. The van der Waals surface area contributed by atoms with Gasteiger partial charge < -0.3 is 9.64 Å². The molecule has 3 heterocycles. The third kappa shape index (κ3) is 3.70. The zero-order valence-electron chi connectivity index (χ0n) is 14.7. The minimum Gasteiger partial charge on any atom is -0.370 e. The number of aromatic nitrogens is 4. The number of halogens is 1. The Morgan fingerprint density at radius 1 is 1.19 bits per heavy atom. The van der Waals surface area contributed by atoms with Crippen molar-refractivity contribution in [1.82, 2.24) is 19.5 Å². The van der Waals surface area contributed by atoms with Crippen LogP contribution in [-0.2, 0) is 11.8 Å². The predicted octanol–water partition coefficient (Wildman–Crippen LogP) is 2.47. The summed E-state index contributed by atoms with van der Waals surface area (Å²) in [6.45, 7) is 1.79. The molecule has 1 fully saturated rings. The largest absolute Gasteiger partial charge is 0.370 e. The molecule has 0 unspecified atom stereocenters. The number of ether oxygens (including phenoxy) is 1. The fourth-order valence-electron chi connectivity index (χ4n) is 3.09. The molecule has 0 spiro atoms. The first-order chi connectivity index (χ1) is 13.1. The van der Waals surface area contributed by atoms with Crippen LogP contribution in [0.25, 0.3) is 11.4 Å². The molecule has 3 aromatic rings. The van der Waals surface area contributed by atoms with Gasteiger partial charge in [0.1, 0.15) is 12.4 Å². The maximum Gasteiger partial charge on any atom is 0.255 e. The molecule has 0 bridgehead atoms. The van der Waals surface area contributed by atoms with Gasteiger partial charge in [0.15, 0.2) is 0 Å². The summed E-state index contributed by atoms with van der Waals surface area (Å²) < 4.78 is 7.47. The van der Waals surface area contributed by atoms with Crippen LogP contribution in [0, 0.1) is 0 Å². The maximum atomic E-state index is 12.5. The number of nitrogens with zero attached hydrogens (tertiary/aromatic N) is 5. The Hall–Kier alpha value is -2.77. The van der Waals surface area contributed by atoms with E-state index in [2.05, 4.69) is 14.9 Å². The first-order valence-corrected chi connectivity index (χ1v) is 8.96. The molecule has 0 N–H and O–H groups in total. The summed E-state index contributed by atoms with van der Waals surface area (Å²) in [5.41, 5.74) is 2.06. The molecule has 0 saturated carbocycles. The van der Waals surface area contributed by atoms with Gasteiger partial charge in [-0.25, -0.2) is 15.0 Å². The quantitative estimate of drug-likeness (QED) is 0.691. The van der Waals surface area contributed by atoms with Gasteiger partial charge in [0, 0.05) is 30.9 Å². The van der Waals surface area contributed by atoms with Crippen LogP contribution in [0.15, 0.2) is 53.7 Å². The summed E-state index contributed by atoms with van der Waals surface area (Å²) in [4.78, 5) is 27.3. The molecule has 7 nitrogen and oxygen atoms in total. The Morgan fingerprint density at radius 3 is 2.74 bits per heavy atom. The summed E-state index contributed by atoms with van der Waals surface area (Å²) in [5.74, 6) is 0.596. The first-order valence-electron chi connectivity index (χ1n) is 8.58. The summed E-state index contributed by atoms with van der Waals surface area (Å²) in [6, 6.07) is 10.8. The summed E-state index contributed by atoms with van der Waals surface area (Å²) >= 11 is 5.98. The molecule has 1 saturated heterocycles. The maximum absolute atomic E-state index is 12.5. The lowest BCUT2D eigenvalue weighted by Gasteiger charge is -2.34. The van der Waals surface area contributed by atoms with Gasteiger partial charge in [-0.05, 0) is 23.8 Å². The molecular formula is C19H18ClN5O2. The van der Waals surface area contributed by atoms with Crippen molar-refractivity contribution in [2.75, 3.05) is 24.6 Å². The van der Waals surface area contributed by atoms with E-state index in [0.717, 1.165) is 5.56 Å². The minimum atomic E-state index is -0.136. The highest BCUT2D eigenvalue weighted by Crippen LogP contribution is 2.26. The van der Waals surface area contributed by atoms with Crippen molar-refractivity contribution >= 4 is 17.5 Å². The van der Waals surface area contributed by atoms with Gasteiger partial charge in [0.05, 0.1) is 24.5 Å². The second kappa shape index (κ2) is 7.46. The number of benzene rings is 1. The highest BCUT2D eigenvalue weighted by molar-refractivity contribution is 6.30. The molecule has 1 aliphatic heterocycles. The molecular weight excluding hydrogens is 366 g/mol. The Balaban J connectivity index is 1.67. The second-order valence-electron chi connectivity index (χ2n) is 6.29.